The number of rotatable bonds is 9. The van der Waals surface area contributed by atoms with E-state index in [4.69, 9.17) is 4.74 Å². The fourth-order valence-electron chi connectivity index (χ4n) is 3.61. The fraction of sp³-hybridized carbons (Fsp3) is 0.348. The molecule has 8 heteroatoms. The normalized spacial score (nSPS) is 14.0. The number of ether oxygens (including phenoxy) is 1. The van der Waals surface area contributed by atoms with Crippen molar-refractivity contribution in [3.05, 3.63) is 60.4 Å². The van der Waals surface area contributed by atoms with Gasteiger partial charge < -0.3 is 10.1 Å². The summed E-state index contributed by atoms with van der Waals surface area (Å²) in [5, 5.41) is 12.7. The van der Waals surface area contributed by atoms with Crippen molar-refractivity contribution in [2.75, 3.05) is 31.3 Å². The maximum absolute atomic E-state index is 12.3. The summed E-state index contributed by atoms with van der Waals surface area (Å²) >= 11 is 1.56. The van der Waals surface area contributed by atoms with Crippen LogP contribution in [0.3, 0.4) is 0 Å². The van der Waals surface area contributed by atoms with Gasteiger partial charge in [0.25, 0.3) is 0 Å². The summed E-state index contributed by atoms with van der Waals surface area (Å²) in [6, 6.07) is 17.5. The van der Waals surface area contributed by atoms with Crippen molar-refractivity contribution in [1.29, 1.82) is 0 Å². The molecule has 2 aromatic carbocycles. The molecule has 7 nitrogen and oxygen atoms in total. The van der Waals surface area contributed by atoms with E-state index in [0.717, 1.165) is 47.7 Å². The first-order chi connectivity index (χ1) is 15.2. The zero-order chi connectivity index (χ0) is 21.5. The van der Waals surface area contributed by atoms with E-state index in [-0.39, 0.29) is 5.91 Å². The third-order valence-electron chi connectivity index (χ3n) is 5.21. The van der Waals surface area contributed by atoms with Crippen LogP contribution in [0.15, 0.2) is 59.8 Å². The van der Waals surface area contributed by atoms with Crippen molar-refractivity contribution in [1.82, 2.24) is 19.7 Å². The molecule has 1 N–H and O–H groups in total. The average Bonchev–Trinajstić information content (AvgIpc) is 3.45. The Balaban J connectivity index is 1.39. The highest BCUT2D eigenvalue weighted by Crippen LogP contribution is 2.24. The van der Waals surface area contributed by atoms with Gasteiger partial charge in [0.05, 0.1) is 13.7 Å². The van der Waals surface area contributed by atoms with Crippen LogP contribution >= 0.6 is 11.8 Å². The van der Waals surface area contributed by atoms with E-state index in [9.17, 15) is 4.79 Å². The minimum atomic E-state index is -0.0271. The summed E-state index contributed by atoms with van der Waals surface area (Å²) in [5.74, 6) is 2.30. The molecule has 2 heterocycles. The standard InChI is InChI=1S/C23H27N5O2S/c1-30-20-11-9-18(10-12-20)24-22(29)13-16-31-23-26-25-21(17-27-14-5-6-15-27)28(23)19-7-3-2-4-8-19/h2-4,7-12H,5-6,13-17H2,1H3,(H,24,29). The molecule has 0 spiro atoms. The predicted molar refractivity (Wildman–Crippen MR) is 123 cm³/mol. The minimum absolute atomic E-state index is 0.0271. The topological polar surface area (TPSA) is 72.3 Å². The number of hydrogen-bond acceptors (Lipinski definition) is 6. The molecule has 0 aliphatic carbocycles. The predicted octanol–water partition coefficient (Wildman–Crippen LogP) is 3.99. The van der Waals surface area contributed by atoms with Crippen molar-refractivity contribution in [2.45, 2.75) is 31.0 Å². The van der Waals surface area contributed by atoms with Gasteiger partial charge in [0.1, 0.15) is 5.75 Å². The van der Waals surface area contributed by atoms with E-state index in [2.05, 4.69) is 37.1 Å². The number of hydrogen-bond donors (Lipinski definition) is 1. The molecular weight excluding hydrogens is 410 g/mol. The Morgan fingerprint density at radius 3 is 2.52 bits per heavy atom. The second-order valence-electron chi connectivity index (χ2n) is 7.43. The maximum atomic E-state index is 12.3. The minimum Gasteiger partial charge on any atom is -0.497 e. The van der Waals surface area contributed by atoms with Gasteiger partial charge in [-0.25, -0.2) is 0 Å². The smallest absolute Gasteiger partial charge is 0.225 e. The van der Waals surface area contributed by atoms with Gasteiger partial charge in [-0.05, 0) is 62.3 Å². The highest BCUT2D eigenvalue weighted by atomic mass is 32.2. The Morgan fingerprint density at radius 1 is 1.06 bits per heavy atom. The van der Waals surface area contributed by atoms with Gasteiger partial charge in [0.15, 0.2) is 11.0 Å². The molecule has 1 saturated heterocycles. The lowest BCUT2D eigenvalue weighted by Gasteiger charge is -2.16. The van der Waals surface area contributed by atoms with Gasteiger partial charge >= 0.3 is 0 Å². The van der Waals surface area contributed by atoms with Crippen LogP contribution in [0.5, 0.6) is 5.75 Å². The maximum Gasteiger partial charge on any atom is 0.225 e. The molecule has 1 aromatic heterocycles. The van der Waals surface area contributed by atoms with Gasteiger partial charge in [0, 0.05) is 23.5 Å². The highest BCUT2D eigenvalue weighted by molar-refractivity contribution is 7.99. The van der Waals surface area contributed by atoms with E-state index in [1.165, 1.54) is 12.8 Å². The van der Waals surface area contributed by atoms with Crippen LogP contribution in [0.4, 0.5) is 5.69 Å². The van der Waals surface area contributed by atoms with Gasteiger partial charge in [0.2, 0.25) is 5.91 Å². The average molecular weight is 438 g/mol. The number of methoxy groups -OCH3 is 1. The Kier molecular flexibility index (Phi) is 7.22. The van der Waals surface area contributed by atoms with Gasteiger partial charge in [-0.3, -0.25) is 14.3 Å². The third-order valence-corrected chi connectivity index (χ3v) is 6.14. The summed E-state index contributed by atoms with van der Waals surface area (Å²) in [6.45, 7) is 3.01. The molecule has 162 valence electrons. The molecule has 0 saturated carbocycles. The molecule has 3 aromatic rings. The fourth-order valence-corrected chi connectivity index (χ4v) is 4.51. The summed E-state index contributed by atoms with van der Waals surface area (Å²) < 4.78 is 7.26. The van der Waals surface area contributed by atoms with E-state index in [0.29, 0.717) is 12.2 Å². The number of carbonyl (C=O) groups excluding carboxylic acids is 1. The van der Waals surface area contributed by atoms with Gasteiger partial charge in [-0.1, -0.05) is 30.0 Å². The SMILES string of the molecule is COc1ccc(NC(=O)CCSc2nnc(CN3CCCC3)n2-c2ccccc2)cc1. The lowest BCUT2D eigenvalue weighted by Crippen LogP contribution is -2.21. The molecule has 4 rings (SSSR count). The van der Waals surface area contributed by atoms with E-state index < -0.39 is 0 Å². The van der Waals surface area contributed by atoms with Crippen LogP contribution in [0.25, 0.3) is 5.69 Å². The van der Waals surface area contributed by atoms with E-state index >= 15 is 0 Å². The lowest BCUT2D eigenvalue weighted by molar-refractivity contribution is -0.115. The first kappa shape index (κ1) is 21.4. The molecular formula is C23H27N5O2S. The Labute approximate surface area is 186 Å². The summed E-state index contributed by atoms with van der Waals surface area (Å²) in [4.78, 5) is 14.8. The van der Waals surface area contributed by atoms with Crippen molar-refractivity contribution in [3.8, 4) is 11.4 Å². The molecule has 1 fully saturated rings. The molecule has 0 radical (unpaired) electrons. The summed E-state index contributed by atoms with van der Waals surface area (Å²) in [7, 11) is 1.62. The second kappa shape index (κ2) is 10.5. The third kappa shape index (κ3) is 5.65. The number of aromatic nitrogens is 3. The highest BCUT2D eigenvalue weighted by Gasteiger charge is 2.19. The van der Waals surface area contributed by atoms with Crippen molar-refractivity contribution in [2.24, 2.45) is 0 Å². The van der Waals surface area contributed by atoms with Crippen LogP contribution in [0.1, 0.15) is 25.1 Å². The quantitative estimate of drug-likeness (QED) is 0.510. The number of likely N-dealkylation sites (tertiary alicyclic amines) is 1. The number of amides is 1. The van der Waals surface area contributed by atoms with Crippen LogP contribution in [-0.4, -0.2) is 51.5 Å². The molecule has 0 bridgehead atoms. The van der Waals surface area contributed by atoms with Gasteiger partial charge in [-0.2, -0.15) is 0 Å². The summed E-state index contributed by atoms with van der Waals surface area (Å²) in [6.07, 6.45) is 2.87. The second-order valence-corrected chi connectivity index (χ2v) is 8.49. The Bertz CT molecular complexity index is 985. The number of thioether (sulfide) groups is 1. The molecule has 1 aliphatic heterocycles. The Morgan fingerprint density at radius 2 is 1.81 bits per heavy atom. The molecule has 1 aliphatic rings. The lowest BCUT2D eigenvalue weighted by atomic mass is 10.3. The number of benzene rings is 2. The first-order valence-electron chi connectivity index (χ1n) is 10.5. The molecule has 0 atom stereocenters. The molecule has 0 unspecified atom stereocenters. The number of para-hydroxylation sites is 1. The molecule has 31 heavy (non-hydrogen) atoms. The van der Waals surface area contributed by atoms with Crippen molar-refractivity contribution >= 4 is 23.4 Å². The zero-order valence-electron chi connectivity index (χ0n) is 17.7. The van der Waals surface area contributed by atoms with Gasteiger partial charge in [-0.15, -0.1) is 10.2 Å². The van der Waals surface area contributed by atoms with Crippen LogP contribution in [0, 0.1) is 0 Å². The number of nitrogens with zero attached hydrogens (tertiary/aromatic N) is 4. The zero-order valence-corrected chi connectivity index (χ0v) is 18.5. The molecule has 1 amide bonds. The van der Waals surface area contributed by atoms with E-state index in [1.807, 2.05) is 42.5 Å². The summed E-state index contributed by atoms with van der Waals surface area (Å²) in [5.41, 5.74) is 1.81. The Hall–Kier alpha value is -2.84. The van der Waals surface area contributed by atoms with Crippen molar-refractivity contribution in [3.63, 3.8) is 0 Å². The monoisotopic (exact) mass is 437 g/mol. The number of anilines is 1. The van der Waals surface area contributed by atoms with Crippen LogP contribution < -0.4 is 10.1 Å². The largest absolute Gasteiger partial charge is 0.497 e. The van der Waals surface area contributed by atoms with Crippen molar-refractivity contribution < 1.29 is 9.53 Å². The first-order valence-corrected chi connectivity index (χ1v) is 11.5. The number of nitrogens with one attached hydrogen (secondary N) is 1. The van der Waals surface area contributed by atoms with Crippen LogP contribution in [-0.2, 0) is 11.3 Å². The van der Waals surface area contributed by atoms with E-state index in [1.54, 1.807) is 18.9 Å². The number of carbonyl (C=O) groups is 1. The van der Waals surface area contributed by atoms with Crippen LogP contribution in [0.2, 0.25) is 0 Å².